The van der Waals surface area contributed by atoms with E-state index in [2.05, 4.69) is 5.32 Å². The third-order valence-corrected chi connectivity index (χ3v) is 6.34. The lowest BCUT2D eigenvalue weighted by atomic mass is 10.0. The van der Waals surface area contributed by atoms with E-state index in [-0.39, 0.29) is 18.4 Å². The van der Waals surface area contributed by atoms with Crippen LogP contribution in [0.4, 0.5) is 0 Å². The molecule has 180 valence electrons. The van der Waals surface area contributed by atoms with Gasteiger partial charge < -0.3 is 19.7 Å². The van der Waals surface area contributed by atoms with Gasteiger partial charge in [0.05, 0.1) is 6.04 Å². The summed E-state index contributed by atoms with van der Waals surface area (Å²) >= 11 is 6.10. The van der Waals surface area contributed by atoms with Crippen LogP contribution in [0.25, 0.3) is 10.9 Å². The number of carboxylic acid groups (broad SMARTS) is 1. The molecule has 0 aliphatic rings. The number of nitrogens with zero attached hydrogens (tertiary/aromatic N) is 1. The molecule has 0 fully saturated rings. The molecule has 0 radical (unpaired) electrons. The van der Waals surface area contributed by atoms with Crippen molar-refractivity contribution in [2.24, 2.45) is 7.05 Å². The fraction of sp³-hybridized carbons (Fsp3) is 0.214. The number of aromatic nitrogens is 1. The maximum absolute atomic E-state index is 13.0. The molecule has 1 atom stereocenters. The van der Waals surface area contributed by atoms with Crippen molar-refractivity contribution >= 4 is 34.4 Å². The molecule has 3 aromatic carbocycles. The monoisotopic (exact) mass is 490 g/mol. The number of hydrogen-bond acceptors (Lipinski definition) is 3. The van der Waals surface area contributed by atoms with Crippen molar-refractivity contribution in [3.05, 3.63) is 94.1 Å². The molecule has 0 saturated heterocycles. The summed E-state index contributed by atoms with van der Waals surface area (Å²) in [6, 6.07) is 20.4. The lowest BCUT2D eigenvalue weighted by Gasteiger charge is -2.16. The number of hydrogen-bond donors (Lipinski definition) is 2. The van der Waals surface area contributed by atoms with Gasteiger partial charge >= 0.3 is 5.97 Å². The van der Waals surface area contributed by atoms with Crippen LogP contribution in [0, 0.1) is 6.92 Å². The first-order valence-electron chi connectivity index (χ1n) is 11.4. The van der Waals surface area contributed by atoms with Crippen LogP contribution in [0.1, 0.15) is 46.6 Å². The van der Waals surface area contributed by atoms with Crippen molar-refractivity contribution in [1.82, 2.24) is 9.88 Å². The fourth-order valence-electron chi connectivity index (χ4n) is 4.13. The zero-order valence-corrected chi connectivity index (χ0v) is 20.6. The number of nitrogens with one attached hydrogen (secondary N) is 1. The summed E-state index contributed by atoms with van der Waals surface area (Å²) in [5.74, 6) is 0.337. The predicted molar refractivity (Wildman–Crippen MR) is 137 cm³/mol. The zero-order chi connectivity index (χ0) is 25.1. The van der Waals surface area contributed by atoms with Crippen LogP contribution in [-0.4, -0.2) is 21.6 Å². The van der Waals surface area contributed by atoms with Crippen molar-refractivity contribution in [1.29, 1.82) is 0 Å². The Kier molecular flexibility index (Phi) is 7.12. The molecule has 1 unspecified atom stereocenters. The van der Waals surface area contributed by atoms with Crippen LogP contribution in [-0.2, 0) is 18.3 Å². The van der Waals surface area contributed by atoms with Crippen molar-refractivity contribution in [3.63, 3.8) is 0 Å². The zero-order valence-electron chi connectivity index (χ0n) is 19.8. The number of fused-ring (bicyclic) bond motifs is 1. The Morgan fingerprint density at radius 3 is 2.57 bits per heavy atom. The molecule has 1 amide bonds. The Morgan fingerprint density at radius 1 is 1.06 bits per heavy atom. The molecular weight excluding hydrogens is 464 g/mol. The standard InChI is InChI=1S/C28H27ClN2O4/c1-17-13-24(10-7-19(17)8-12-27(32)33)35-23-6-4-5-20(15-23)18(2)30-28(34)26-16-21-14-22(29)9-11-25(21)31(26)3/h4-7,9-11,13-16,18H,8,12H2,1-3H3,(H,30,34)(H,32,33). The quantitative estimate of drug-likeness (QED) is 0.298. The van der Waals surface area contributed by atoms with Crippen LogP contribution in [0.5, 0.6) is 11.5 Å². The second-order valence-corrected chi connectivity index (χ2v) is 9.08. The van der Waals surface area contributed by atoms with Gasteiger partial charge in [-0.2, -0.15) is 0 Å². The Morgan fingerprint density at radius 2 is 1.83 bits per heavy atom. The van der Waals surface area contributed by atoms with Gasteiger partial charge in [0, 0.05) is 29.4 Å². The highest BCUT2D eigenvalue weighted by Gasteiger charge is 2.17. The molecule has 1 aromatic heterocycles. The fourth-order valence-corrected chi connectivity index (χ4v) is 4.31. The minimum atomic E-state index is -0.812. The molecule has 0 saturated carbocycles. The molecule has 2 N–H and O–H groups in total. The molecule has 4 aromatic rings. The van der Waals surface area contributed by atoms with Gasteiger partial charge in [-0.1, -0.05) is 29.8 Å². The topological polar surface area (TPSA) is 80.6 Å². The second-order valence-electron chi connectivity index (χ2n) is 8.64. The number of amides is 1. The first-order chi connectivity index (χ1) is 16.7. The van der Waals surface area contributed by atoms with E-state index in [9.17, 15) is 9.59 Å². The van der Waals surface area contributed by atoms with E-state index in [0.717, 1.165) is 27.6 Å². The molecule has 0 aliphatic carbocycles. The smallest absolute Gasteiger partial charge is 0.303 e. The first-order valence-corrected chi connectivity index (χ1v) is 11.7. The van der Waals surface area contributed by atoms with Gasteiger partial charge in [-0.3, -0.25) is 9.59 Å². The third kappa shape index (κ3) is 5.66. The van der Waals surface area contributed by atoms with Crippen molar-refractivity contribution in [2.45, 2.75) is 32.7 Å². The normalized spacial score (nSPS) is 11.9. The largest absolute Gasteiger partial charge is 0.481 e. The number of benzene rings is 3. The maximum Gasteiger partial charge on any atom is 0.303 e. The summed E-state index contributed by atoms with van der Waals surface area (Å²) in [5.41, 5.74) is 4.37. The molecule has 6 nitrogen and oxygen atoms in total. The van der Waals surface area contributed by atoms with Gasteiger partial charge in [0.15, 0.2) is 0 Å². The molecular formula is C28H27ClN2O4. The minimum absolute atomic E-state index is 0.0965. The second kappa shape index (κ2) is 10.2. The lowest BCUT2D eigenvalue weighted by Crippen LogP contribution is -2.28. The number of carbonyl (C=O) groups excluding carboxylic acids is 1. The molecule has 0 spiro atoms. The summed E-state index contributed by atoms with van der Waals surface area (Å²) in [5, 5.41) is 13.5. The predicted octanol–water partition coefficient (Wildman–Crippen LogP) is 6.44. The van der Waals surface area contributed by atoms with Gasteiger partial charge in [-0.25, -0.2) is 0 Å². The van der Waals surface area contributed by atoms with Gasteiger partial charge in [0.2, 0.25) is 0 Å². The molecule has 4 rings (SSSR count). The van der Waals surface area contributed by atoms with Crippen LogP contribution in [0.15, 0.2) is 66.7 Å². The van der Waals surface area contributed by atoms with E-state index < -0.39 is 5.97 Å². The minimum Gasteiger partial charge on any atom is -0.481 e. The molecule has 0 bridgehead atoms. The first kappa shape index (κ1) is 24.4. The number of ether oxygens (including phenoxy) is 1. The summed E-state index contributed by atoms with van der Waals surface area (Å²) < 4.78 is 7.90. The van der Waals surface area contributed by atoms with E-state index in [1.54, 1.807) is 0 Å². The molecule has 0 aliphatic heterocycles. The average Bonchev–Trinajstić information content (AvgIpc) is 3.14. The van der Waals surface area contributed by atoms with Crippen molar-refractivity contribution < 1.29 is 19.4 Å². The van der Waals surface area contributed by atoms with Crippen molar-refractivity contribution in [3.8, 4) is 11.5 Å². The van der Waals surface area contributed by atoms with E-state index in [1.165, 1.54) is 0 Å². The van der Waals surface area contributed by atoms with Crippen LogP contribution >= 0.6 is 11.6 Å². The number of rotatable bonds is 8. The summed E-state index contributed by atoms with van der Waals surface area (Å²) in [7, 11) is 1.86. The van der Waals surface area contributed by atoms with Crippen LogP contribution in [0.2, 0.25) is 5.02 Å². The van der Waals surface area contributed by atoms with Gasteiger partial charge in [0.1, 0.15) is 17.2 Å². The number of carbonyl (C=O) groups is 2. The summed E-state index contributed by atoms with van der Waals surface area (Å²) in [6.07, 6.45) is 0.580. The van der Waals surface area contributed by atoms with Crippen molar-refractivity contribution in [2.75, 3.05) is 0 Å². The van der Waals surface area contributed by atoms with Gasteiger partial charge in [0.25, 0.3) is 5.91 Å². The van der Waals surface area contributed by atoms with E-state index in [1.807, 2.05) is 92.2 Å². The lowest BCUT2D eigenvalue weighted by molar-refractivity contribution is -0.136. The van der Waals surface area contributed by atoms with Gasteiger partial charge in [-0.05, 0) is 85.5 Å². The van der Waals surface area contributed by atoms with E-state index >= 15 is 0 Å². The number of halogens is 1. The highest BCUT2D eigenvalue weighted by molar-refractivity contribution is 6.31. The Balaban J connectivity index is 1.46. The number of carboxylic acids is 1. The average molecular weight is 491 g/mol. The summed E-state index contributed by atoms with van der Waals surface area (Å²) in [6.45, 7) is 3.87. The third-order valence-electron chi connectivity index (χ3n) is 6.10. The maximum atomic E-state index is 13.0. The Labute approximate surface area is 209 Å². The summed E-state index contributed by atoms with van der Waals surface area (Å²) in [4.78, 5) is 23.9. The number of aliphatic carboxylic acids is 1. The highest BCUT2D eigenvalue weighted by Crippen LogP contribution is 2.28. The Hall–Kier alpha value is -3.77. The molecule has 35 heavy (non-hydrogen) atoms. The van der Waals surface area contributed by atoms with Gasteiger partial charge in [-0.15, -0.1) is 0 Å². The highest BCUT2D eigenvalue weighted by atomic mass is 35.5. The van der Waals surface area contributed by atoms with Crippen LogP contribution < -0.4 is 10.1 Å². The van der Waals surface area contributed by atoms with E-state index in [0.29, 0.717) is 28.6 Å². The Bertz CT molecular complexity index is 1410. The van der Waals surface area contributed by atoms with Crippen LogP contribution in [0.3, 0.4) is 0 Å². The SMILES string of the molecule is Cc1cc(Oc2cccc(C(C)NC(=O)c3cc4cc(Cl)ccc4n3C)c2)ccc1CCC(=O)O. The molecule has 1 heterocycles. The number of aryl methyl sites for hydroxylation is 3. The van der Waals surface area contributed by atoms with E-state index in [4.69, 9.17) is 21.4 Å². The molecule has 7 heteroatoms.